The Kier molecular flexibility index (Phi) is 6.58. The van der Waals surface area contributed by atoms with Crippen molar-refractivity contribution in [2.24, 2.45) is 5.92 Å². The van der Waals surface area contributed by atoms with E-state index in [-0.39, 0.29) is 12.5 Å². The molecule has 1 aliphatic rings. The maximum atomic E-state index is 12.5. The number of nitrogens with zero attached hydrogens (tertiary/aromatic N) is 5. The van der Waals surface area contributed by atoms with E-state index >= 15 is 0 Å². The molecule has 0 radical (unpaired) electrons. The van der Waals surface area contributed by atoms with Crippen LogP contribution in [-0.4, -0.2) is 55.8 Å². The summed E-state index contributed by atoms with van der Waals surface area (Å²) in [5, 5.41) is 21.7. The van der Waals surface area contributed by atoms with Crippen LogP contribution in [0, 0.1) is 12.8 Å². The van der Waals surface area contributed by atoms with Gasteiger partial charge in [0.1, 0.15) is 0 Å². The number of hydrogen-bond donors (Lipinski definition) is 1. The molecule has 1 aromatic heterocycles. The molecule has 3 rings (SSSR count). The number of hydrogen-bond acceptors (Lipinski definition) is 5. The maximum Gasteiger partial charge on any atom is 0.246 e. The highest BCUT2D eigenvalue weighted by Crippen LogP contribution is 2.21. The van der Waals surface area contributed by atoms with Gasteiger partial charge in [0.25, 0.3) is 0 Å². The van der Waals surface area contributed by atoms with Gasteiger partial charge in [-0.05, 0) is 66.7 Å². The van der Waals surface area contributed by atoms with Crippen LogP contribution in [0.4, 0.5) is 0 Å². The Morgan fingerprint density at radius 3 is 2.81 bits per heavy atom. The van der Waals surface area contributed by atoms with Gasteiger partial charge in [0, 0.05) is 30.8 Å². The lowest BCUT2D eigenvalue weighted by molar-refractivity contribution is -0.127. The molecule has 0 atom stereocenters. The van der Waals surface area contributed by atoms with Gasteiger partial charge in [0.2, 0.25) is 5.91 Å². The van der Waals surface area contributed by atoms with E-state index in [1.807, 2.05) is 23.1 Å². The van der Waals surface area contributed by atoms with Crippen molar-refractivity contribution >= 4 is 23.6 Å². The average Bonchev–Trinajstić information content (AvgIpc) is 3.06. The summed E-state index contributed by atoms with van der Waals surface area (Å²) < 4.78 is 0. The third-order valence-corrected chi connectivity index (χ3v) is 5.07. The first kappa shape index (κ1) is 19.5. The van der Waals surface area contributed by atoms with Crippen LogP contribution in [0.1, 0.15) is 36.2 Å². The first-order valence-electron chi connectivity index (χ1n) is 9.16. The Morgan fingerprint density at radius 2 is 2.15 bits per heavy atom. The van der Waals surface area contributed by atoms with Crippen LogP contribution >= 0.6 is 11.6 Å². The van der Waals surface area contributed by atoms with Crippen LogP contribution in [0.5, 0.6) is 0 Å². The third kappa shape index (κ3) is 5.37. The number of likely N-dealkylation sites (tertiary alicyclic amines) is 1. The number of piperidine rings is 1. The van der Waals surface area contributed by atoms with Crippen LogP contribution in [0.15, 0.2) is 24.3 Å². The number of tetrazole rings is 1. The Balaban J connectivity index is 1.67. The van der Waals surface area contributed by atoms with Gasteiger partial charge < -0.3 is 10.0 Å². The minimum atomic E-state index is 0.00748. The number of aliphatic hydroxyl groups is 1. The smallest absolute Gasteiger partial charge is 0.246 e. The van der Waals surface area contributed by atoms with Crippen LogP contribution in [0.3, 0.4) is 0 Å². The van der Waals surface area contributed by atoms with E-state index in [4.69, 9.17) is 16.7 Å². The van der Waals surface area contributed by atoms with Gasteiger partial charge in [-0.2, -0.15) is 4.80 Å². The van der Waals surface area contributed by atoms with Crippen LogP contribution in [0.25, 0.3) is 6.08 Å². The number of aryl methyl sites for hydroxylation is 1. The maximum absolute atomic E-state index is 12.5. The average molecular weight is 390 g/mol. The van der Waals surface area contributed by atoms with Gasteiger partial charge in [-0.3, -0.25) is 4.79 Å². The number of carbonyl (C=O) groups is 1. The molecule has 2 aromatic rings. The molecule has 7 nitrogen and oxygen atoms in total. The Morgan fingerprint density at radius 1 is 1.37 bits per heavy atom. The summed E-state index contributed by atoms with van der Waals surface area (Å²) in [5.41, 5.74) is 1.82. The molecule has 27 heavy (non-hydrogen) atoms. The standard InChI is InChI=1S/C19H24ClN5O2/c1-14-21-23-25(22-14)13-17-12-18(20)4-2-16(17)3-5-19(27)24-9-6-15(7-10-24)8-11-26/h2-5,12,15,26H,6-11,13H2,1H3. The first-order valence-corrected chi connectivity index (χ1v) is 9.53. The lowest BCUT2D eigenvalue weighted by atomic mass is 9.94. The van der Waals surface area contributed by atoms with Crippen LogP contribution in [0.2, 0.25) is 5.02 Å². The SMILES string of the molecule is Cc1nnn(Cc2cc(Cl)ccc2C=CC(=O)N2CCC(CCO)CC2)n1. The second kappa shape index (κ2) is 9.10. The monoisotopic (exact) mass is 389 g/mol. The topological polar surface area (TPSA) is 84.1 Å². The largest absolute Gasteiger partial charge is 0.396 e. The van der Waals surface area contributed by atoms with E-state index in [0.717, 1.165) is 43.5 Å². The summed E-state index contributed by atoms with van der Waals surface area (Å²) in [5.74, 6) is 1.13. The molecule has 1 amide bonds. The molecule has 0 aliphatic carbocycles. The van der Waals surface area contributed by atoms with E-state index in [0.29, 0.717) is 23.3 Å². The van der Waals surface area contributed by atoms with E-state index < -0.39 is 0 Å². The van der Waals surface area contributed by atoms with Crippen molar-refractivity contribution in [1.82, 2.24) is 25.1 Å². The molecular weight excluding hydrogens is 366 g/mol. The molecule has 0 bridgehead atoms. The second-order valence-corrected chi connectivity index (χ2v) is 7.26. The summed E-state index contributed by atoms with van der Waals surface area (Å²) in [6.45, 7) is 3.91. The van der Waals surface area contributed by atoms with E-state index in [2.05, 4.69) is 15.4 Å². The fraction of sp³-hybridized carbons (Fsp3) is 0.474. The van der Waals surface area contributed by atoms with Crippen molar-refractivity contribution < 1.29 is 9.90 Å². The van der Waals surface area contributed by atoms with Crippen molar-refractivity contribution in [3.05, 3.63) is 46.2 Å². The Bertz CT molecular complexity index is 812. The molecule has 0 saturated carbocycles. The Labute approximate surface area is 163 Å². The fourth-order valence-corrected chi connectivity index (χ4v) is 3.50. The van der Waals surface area contributed by atoms with E-state index in [9.17, 15) is 4.79 Å². The van der Waals surface area contributed by atoms with Crippen LogP contribution in [-0.2, 0) is 11.3 Å². The molecule has 1 fully saturated rings. The molecule has 1 N–H and O–H groups in total. The fourth-order valence-electron chi connectivity index (χ4n) is 3.31. The van der Waals surface area contributed by atoms with Gasteiger partial charge in [-0.25, -0.2) is 0 Å². The first-order chi connectivity index (χ1) is 13.0. The molecular formula is C19H24ClN5O2. The molecule has 0 unspecified atom stereocenters. The van der Waals surface area contributed by atoms with Crippen molar-refractivity contribution in [2.75, 3.05) is 19.7 Å². The van der Waals surface area contributed by atoms with Crippen LogP contribution < -0.4 is 0 Å². The lowest BCUT2D eigenvalue weighted by Crippen LogP contribution is -2.37. The van der Waals surface area contributed by atoms with Gasteiger partial charge in [0.15, 0.2) is 5.82 Å². The van der Waals surface area contributed by atoms with Gasteiger partial charge in [-0.15, -0.1) is 10.2 Å². The van der Waals surface area contributed by atoms with Crippen molar-refractivity contribution in [3.8, 4) is 0 Å². The molecule has 0 spiro atoms. The van der Waals surface area contributed by atoms with Gasteiger partial charge >= 0.3 is 0 Å². The lowest BCUT2D eigenvalue weighted by Gasteiger charge is -2.31. The highest BCUT2D eigenvalue weighted by atomic mass is 35.5. The summed E-state index contributed by atoms with van der Waals surface area (Å²) in [6.07, 6.45) is 6.14. The number of aromatic nitrogens is 4. The summed E-state index contributed by atoms with van der Waals surface area (Å²) in [6, 6.07) is 5.54. The predicted octanol–water partition coefficient (Wildman–Crippen LogP) is 2.32. The molecule has 1 saturated heterocycles. The minimum Gasteiger partial charge on any atom is -0.396 e. The quantitative estimate of drug-likeness (QED) is 0.766. The summed E-state index contributed by atoms with van der Waals surface area (Å²) in [7, 11) is 0. The number of benzene rings is 1. The number of amides is 1. The van der Waals surface area contributed by atoms with Crippen molar-refractivity contribution in [3.63, 3.8) is 0 Å². The predicted molar refractivity (Wildman–Crippen MR) is 103 cm³/mol. The molecule has 1 aliphatic heterocycles. The normalized spacial score (nSPS) is 15.6. The molecule has 1 aromatic carbocycles. The Hall–Kier alpha value is -2.25. The highest BCUT2D eigenvalue weighted by Gasteiger charge is 2.21. The van der Waals surface area contributed by atoms with Crippen molar-refractivity contribution in [1.29, 1.82) is 0 Å². The zero-order valence-corrected chi connectivity index (χ0v) is 16.1. The zero-order chi connectivity index (χ0) is 19.2. The molecule has 8 heteroatoms. The zero-order valence-electron chi connectivity index (χ0n) is 15.4. The van der Waals surface area contributed by atoms with Gasteiger partial charge in [-0.1, -0.05) is 17.7 Å². The highest BCUT2D eigenvalue weighted by molar-refractivity contribution is 6.30. The molecule has 2 heterocycles. The number of rotatable bonds is 6. The van der Waals surface area contributed by atoms with E-state index in [1.165, 1.54) is 4.80 Å². The van der Waals surface area contributed by atoms with E-state index in [1.54, 1.807) is 19.1 Å². The number of carbonyl (C=O) groups excluding carboxylic acids is 1. The van der Waals surface area contributed by atoms with Gasteiger partial charge in [0.05, 0.1) is 6.54 Å². The third-order valence-electron chi connectivity index (χ3n) is 4.84. The summed E-state index contributed by atoms with van der Waals surface area (Å²) >= 11 is 6.13. The second-order valence-electron chi connectivity index (χ2n) is 6.82. The number of halogens is 1. The number of aliphatic hydroxyl groups excluding tert-OH is 1. The van der Waals surface area contributed by atoms with Crippen molar-refractivity contribution in [2.45, 2.75) is 32.7 Å². The molecule has 144 valence electrons. The summed E-state index contributed by atoms with van der Waals surface area (Å²) in [4.78, 5) is 15.9. The minimum absolute atomic E-state index is 0.00748.